The lowest BCUT2D eigenvalue weighted by Crippen LogP contribution is -2.29. The molecular weight excluding hydrogens is 380 g/mol. The van der Waals surface area contributed by atoms with Gasteiger partial charge in [-0.15, -0.1) is 0 Å². The fraction of sp³-hybridized carbons (Fsp3) is 0.333. The Morgan fingerprint density at radius 2 is 1.62 bits per heavy atom. The van der Waals surface area contributed by atoms with Crippen LogP contribution in [0.1, 0.15) is 36.8 Å². The number of thioether (sulfide) groups is 1. The molecule has 5 heteroatoms. The van der Waals surface area contributed by atoms with E-state index in [4.69, 9.17) is 0 Å². The van der Waals surface area contributed by atoms with Crippen molar-refractivity contribution in [1.29, 1.82) is 0 Å². The highest BCUT2D eigenvalue weighted by atomic mass is 32.2. The Hall–Kier alpha value is -2.53. The van der Waals surface area contributed by atoms with Crippen LogP contribution < -0.4 is 4.90 Å². The second-order valence-electron chi connectivity index (χ2n) is 7.56. The molecule has 2 amide bonds. The number of amides is 2. The lowest BCUT2D eigenvalue weighted by molar-refractivity contribution is -0.122. The van der Waals surface area contributed by atoms with Gasteiger partial charge in [0.25, 0.3) is 11.1 Å². The topological polar surface area (TPSA) is 40.6 Å². The van der Waals surface area contributed by atoms with Crippen molar-refractivity contribution in [3.63, 3.8) is 0 Å². The molecule has 0 N–H and O–H groups in total. The normalized spacial score (nSPS) is 18.7. The predicted octanol–water partition coefficient (Wildman–Crippen LogP) is 5.35. The van der Waals surface area contributed by atoms with Crippen molar-refractivity contribution in [2.75, 3.05) is 24.5 Å². The highest BCUT2D eigenvalue weighted by Crippen LogP contribution is 2.32. The van der Waals surface area contributed by atoms with Crippen LogP contribution >= 0.6 is 11.8 Å². The minimum Gasteiger partial charge on any atom is -0.372 e. The van der Waals surface area contributed by atoms with E-state index < -0.39 is 0 Å². The van der Waals surface area contributed by atoms with E-state index in [0.717, 1.165) is 43.3 Å². The fourth-order valence-corrected chi connectivity index (χ4v) is 4.73. The maximum Gasteiger partial charge on any atom is 0.293 e. The summed E-state index contributed by atoms with van der Waals surface area (Å²) in [4.78, 5) is 29.3. The smallest absolute Gasteiger partial charge is 0.293 e. The van der Waals surface area contributed by atoms with E-state index in [9.17, 15) is 9.59 Å². The highest BCUT2D eigenvalue weighted by molar-refractivity contribution is 8.18. The number of imide groups is 1. The zero-order valence-electron chi connectivity index (χ0n) is 16.5. The maximum absolute atomic E-state index is 12.7. The van der Waals surface area contributed by atoms with Crippen LogP contribution in [-0.2, 0) is 11.2 Å². The summed E-state index contributed by atoms with van der Waals surface area (Å²) in [5.41, 5.74) is 3.42. The number of piperidine rings is 1. The number of hydrogen-bond donors (Lipinski definition) is 0. The molecule has 0 aromatic heterocycles. The average molecular weight is 407 g/mol. The summed E-state index contributed by atoms with van der Waals surface area (Å²) in [5.74, 6) is -0.173. The van der Waals surface area contributed by atoms with Crippen LogP contribution in [-0.4, -0.2) is 35.7 Å². The molecule has 0 spiro atoms. The van der Waals surface area contributed by atoms with E-state index in [2.05, 4.69) is 29.2 Å². The first-order chi connectivity index (χ1) is 14.2. The molecule has 2 heterocycles. The summed E-state index contributed by atoms with van der Waals surface area (Å²) < 4.78 is 0. The molecule has 0 radical (unpaired) electrons. The van der Waals surface area contributed by atoms with Crippen LogP contribution in [0.4, 0.5) is 10.5 Å². The molecule has 2 saturated heterocycles. The second-order valence-corrected chi connectivity index (χ2v) is 8.55. The number of hydrogen-bond acceptors (Lipinski definition) is 4. The molecule has 0 unspecified atom stereocenters. The van der Waals surface area contributed by atoms with Crippen molar-refractivity contribution in [2.45, 2.75) is 32.1 Å². The SMILES string of the molecule is O=C1S/C(=C/c2ccc(N3CCCCC3)cc2)C(=O)N1CCCc1ccccc1. The zero-order chi connectivity index (χ0) is 20.1. The largest absolute Gasteiger partial charge is 0.372 e. The van der Waals surface area contributed by atoms with Gasteiger partial charge in [0.1, 0.15) is 0 Å². The molecule has 0 saturated carbocycles. The lowest BCUT2D eigenvalue weighted by atomic mass is 10.1. The minimum atomic E-state index is -0.173. The van der Waals surface area contributed by atoms with Crippen LogP contribution in [0.15, 0.2) is 59.5 Å². The first-order valence-electron chi connectivity index (χ1n) is 10.3. The monoisotopic (exact) mass is 406 g/mol. The Kier molecular flexibility index (Phi) is 6.35. The second kappa shape index (κ2) is 9.31. The van der Waals surface area contributed by atoms with E-state index in [-0.39, 0.29) is 11.1 Å². The number of aryl methyl sites for hydroxylation is 1. The van der Waals surface area contributed by atoms with Gasteiger partial charge < -0.3 is 4.90 Å². The van der Waals surface area contributed by atoms with Gasteiger partial charge in [-0.05, 0) is 73.2 Å². The van der Waals surface area contributed by atoms with Crippen LogP contribution in [0, 0.1) is 0 Å². The number of rotatable bonds is 6. The van der Waals surface area contributed by atoms with Crippen molar-refractivity contribution in [3.05, 3.63) is 70.6 Å². The molecule has 2 aliphatic rings. The third kappa shape index (κ3) is 4.91. The molecule has 0 bridgehead atoms. The van der Waals surface area contributed by atoms with Crippen molar-refractivity contribution in [3.8, 4) is 0 Å². The third-order valence-corrected chi connectivity index (χ3v) is 6.38. The molecule has 2 aliphatic heterocycles. The Balaban J connectivity index is 1.36. The maximum atomic E-state index is 12.7. The first kappa shape index (κ1) is 19.8. The van der Waals surface area contributed by atoms with Crippen LogP contribution in [0.3, 0.4) is 0 Å². The van der Waals surface area contributed by atoms with Crippen molar-refractivity contribution >= 4 is 34.7 Å². The predicted molar refractivity (Wildman–Crippen MR) is 120 cm³/mol. The molecular formula is C24H26N2O2S. The molecule has 29 heavy (non-hydrogen) atoms. The summed E-state index contributed by atoms with van der Waals surface area (Å²) in [7, 11) is 0. The van der Waals surface area contributed by atoms with Crippen molar-refractivity contribution in [2.24, 2.45) is 0 Å². The third-order valence-electron chi connectivity index (χ3n) is 5.48. The standard InChI is InChI=1S/C24H26N2O2S/c27-23-22(18-20-11-13-21(14-12-20)25-15-5-2-6-16-25)29-24(28)26(23)17-7-10-19-8-3-1-4-9-19/h1,3-4,8-9,11-14,18H,2,5-7,10,15-17H2/b22-18+. The van der Waals surface area contributed by atoms with Crippen LogP contribution in [0.25, 0.3) is 6.08 Å². The summed E-state index contributed by atoms with van der Waals surface area (Å²) >= 11 is 1.04. The molecule has 2 fully saturated rings. The molecule has 0 aliphatic carbocycles. The van der Waals surface area contributed by atoms with Crippen LogP contribution in [0.5, 0.6) is 0 Å². The number of anilines is 1. The number of nitrogens with zero attached hydrogens (tertiary/aromatic N) is 2. The molecule has 0 atom stereocenters. The van der Waals surface area contributed by atoms with Gasteiger partial charge in [0.05, 0.1) is 4.91 Å². The first-order valence-corrected chi connectivity index (χ1v) is 11.2. The van der Waals surface area contributed by atoms with Crippen LogP contribution in [0.2, 0.25) is 0 Å². The average Bonchev–Trinajstić information content (AvgIpc) is 3.03. The van der Waals surface area contributed by atoms with Crippen molar-refractivity contribution < 1.29 is 9.59 Å². The Morgan fingerprint density at radius 1 is 0.897 bits per heavy atom. The zero-order valence-corrected chi connectivity index (χ0v) is 17.4. The van der Waals surface area contributed by atoms with Crippen molar-refractivity contribution in [1.82, 2.24) is 4.90 Å². The van der Waals surface area contributed by atoms with Gasteiger partial charge in [-0.25, -0.2) is 0 Å². The summed E-state index contributed by atoms with van der Waals surface area (Å²) in [6.45, 7) is 2.69. The fourth-order valence-electron chi connectivity index (χ4n) is 3.86. The van der Waals surface area contributed by atoms with E-state index >= 15 is 0 Å². The quantitative estimate of drug-likeness (QED) is 0.607. The molecule has 2 aromatic carbocycles. The number of benzene rings is 2. The van der Waals surface area contributed by atoms with Gasteiger partial charge in [0, 0.05) is 25.3 Å². The minimum absolute atomic E-state index is 0.167. The lowest BCUT2D eigenvalue weighted by Gasteiger charge is -2.28. The van der Waals surface area contributed by atoms with Gasteiger partial charge in [0.15, 0.2) is 0 Å². The summed E-state index contributed by atoms with van der Waals surface area (Å²) in [6, 6.07) is 18.4. The van der Waals surface area contributed by atoms with Gasteiger partial charge in [0.2, 0.25) is 0 Å². The Labute approximate surface area is 176 Å². The van der Waals surface area contributed by atoms with E-state index in [1.165, 1.54) is 35.4 Å². The van der Waals surface area contributed by atoms with E-state index in [0.29, 0.717) is 11.4 Å². The summed E-state index contributed by atoms with van der Waals surface area (Å²) in [5, 5.41) is -0.167. The molecule has 4 rings (SSSR count). The van der Waals surface area contributed by atoms with Gasteiger partial charge in [-0.2, -0.15) is 0 Å². The molecule has 150 valence electrons. The highest BCUT2D eigenvalue weighted by Gasteiger charge is 2.34. The molecule has 4 nitrogen and oxygen atoms in total. The van der Waals surface area contributed by atoms with Gasteiger partial charge in [-0.3, -0.25) is 14.5 Å². The number of carbonyl (C=O) groups excluding carboxylic acids is 2. The summed E-state index contributed by atoms with van der Waals surface area (Å²) in [6.07, 6.45) is 7.29. The van der Waals surface area contributed by atoms with Gasteiger partial charge in [-0.1, -0.05) is 42.5 Å². The van der Waals surface area contributed by atoms with E-state index in [1.54, 1.807) is 0 Å². The van der Waals surface area contributed by atoms with E-state index in [1.807, 2.05) is 36.4 Å². The Bertz CT molecular complexity index is 887. The molecule has 2 aromatic rings. The van der Waals surface area contributed by atoms with Gasteiger partial charge >= 0.3 is 0 Å². The number of carbonyl (C=O) groups is 2. The Morgan fingerprint density at radius 3 is 2.34 bits per heavy atom.